The third-order valence-corrected chi connectivity index (χ3v) is 7.78. The lowest BCUT2D eigenvalue weighted by Crippen LogP contribution is -2.62. The van der Waals surface area contributed by atoms with Crippen molar-refractivity contribution in [3.8, 4) is 11.4 Å². The Morgan fingerprint density at radius 1 is 1.07 bits per heavy atom. The number of nitrogens with zero attached hydrogens (tertiary/aromatic N) is 4. The summed E-state index contributed by atoms with van der Waals surface area (Å²) in [5.41, 5.74) is 0.955. The molecule has 2 saturated carbocycles. The van der Waals surface area contributed by atoms with Crippen molar-refractivity contribution in [2.75, 3.05) is 4.90 Å². The van der Waals surface area contributed by atoms with Crippen LogP contribution in [-0.2, 0) is 10.3 Å². The Balaban J connectivity index is 1.70. The third kappa shape index (κ3) is 3.08. The van der Waals surface area contributed by atoms with Gasteiger partial charge in [0.25, 0.3) is 0 Å². The van der Waals surface area contributed by atoms with Gasteiger partial charge in [-0.1, -0.05) is 57.6 Å². The molecule has 2 fully saturated rings. The minimum Gasteiger partial charge on any atom is -0.277 e. The van der Waals surface area contributed by atoms with Crippen molar-refractivity contribution in [1.82, 2.24) is 14.8 Å². The predicted octanol–water partition coefficient (Wildman–Crippen LogP) is 5.82. The molecule has 1 spiro atoms. The van der Waals surface area contributed by atoms with Crippen LogP contribution >= 0.6 is 11.6 Å². The van der Waals surface area contributed by atoms with Crippen molar-refractivity contribution >= 4 is 23.5 Å². The third-order valence-electron chi connectivity index (χ3n) is 7.53. The molecule has 3 aliphatic rings. The molecule has 1 aromatic carbocycles. The molecule has 160 valence electrons. The Bertz CT molecular complexity index is 929. The lowest BCUT2D eigenvalue weighted by atomic mass is 9.64. The molecule has 2 atom stereocenters. The maximum absolute atomic E-state index is 13.4. The van der Waals surface area contributed by atoms with E-state index in [1.807, 2.05) is 43.0 Å². The van der Waals surface area contributed by atoms with Gasteiger partial charge in [-0.15, -0.1) is 5.10 Å². The van der Waals surface area contributed by atoms with E-state index in [9.17, 15) is 4.79 Å². The van der Waals surface area contributed by atoms with E-state index >= 15 is 0 Å². The van der Waals surface area contributed by atoms with E-state index in [0.29, 0.717) is 16.8 Å². The molecule has 1 aromatic heterocycles. The minimum atomic E-state index is -0.0582. The van der Waals surface area contributed by atoms with Crippen LogP contribution in [0.15, 0.2) is 24.3 Å². The molecule has 5 rings (SSSR count). The van der Waals surface area contributed by atoms with Gasteiger partial charge in [0.05, 0.1) is 5.54 Å². The molecule has 30 heavy (non-hydrogen) atoms. The van der Waals surface area contributed by atoms with Crippen molar-refractivity contribution in [2.45, 2.75) is 83.2 Å². The van der Waals surface area contributed by atoms with E-state index in [1.165, 1.54) is 38.5 Å². The van der Waals surface area contributed by atoms with Crippen LogP contribution in [0.1, 0.15) is 71.6 Å². The van der Waals surface area contributed by atoms with E-state index < -0.39 is 0 Å². The molecule has 6 heteroatoms. The smallest absolute Gasteiger partial charge is 0.232 e. The molecule has 0 bridgehead atoms. The van der Waals surface area contributed by atoms with Gasteiger partial charge < -0.3 is 0 Å². The zero-order chi connectivity index (χ0) is 20.9. The quantitative estimate of drug-likeness (QED) is 0.607. The van der Waals surface area contributed by atoms with Gasteiger partial charge in [0.1, 0.15) is 0 Å². The fraction of sp³-hybridized carbons (Fsp3) is 0.625. The summed E-state index contributed by atoms with van der Waals surface area (Å²) in [5, 5.41) is 5.78. The molecule has 2 heterocycles. The molecular weight excluding hydrogens is 396 g/mol. The number of anilines is 1. The van der Waals surface area contributed by atoms with Crippen molar-refractivity contribution < 1.29 is 4.79 Å². The molecule has 0 radical (unpaired) electrons. The average Bonchev–Trinajstić information content (AvgIpc) is 3.21. The number of carbonyl (C=O) groups excluding carboxylic acids is 1. The van der Waals surface area contributed by atoms with Crippen LogP contribution in [0.2, 0.25) is 5.02 Å². The van der Waals surface area contributed by atoms with Crippen LogP contribution in [0.25, 0.3) is 11.4 Å². The highest BCUT2D eigenvalue weighted by molar-refractivity contribution is 6.30. The van der Waals surface area contributed by atoms with Crippen LogP contribution < -0.4 is 4.90 Å². The first-order valence-electron chi connectivity index (χ1n) is 11.6. The standard InChI is InChI=1S/C24H31ClN4O/c1-16(2)22(30)28-20-9-5-4-8-19(20)24(14-6-3-7-15-24)29-23(28)26-21(27-29)17-10-12-18(25)13-11-17/h10-13,16,19-20H,3-9,14-15H2,1-2H3/t19-,20+/m1/s1. The number of fused-ring (bicyclic) bond motifs is 4. The molecule has 2 aliphatic carbocycles. The summed E-state index contributed by atoms with van der Waals surface area (Å²) in [5.74, 6) is 2.06. The van der Waals surface area contributed by atoms with Crippen LogP contribution in [0, 0.1) is 11.8 Å². The fourth-order valence-corrected chi connectivity index (χ4v) is 6.25. The Kier molecular flexibility index (Phi) is 5.12. The van der Waals surface area contributed by atoms with Crippen LogP contribution in [0.3, 0.4) is 0 Å². The number of amides is 1. The maximum Gasteiger partial charge on any atom is 0.232 e. The summed E-state index contributed by atoms with van der Waals surface area (Å²) < 4.78 is 2.18. The zero-order valence-electron chi connectivity index (χ0n) is 18.0. The van der Waals surface area contributed by atoms with Gasteiger partial charge >= 0.3 is 0 Å². The highest BCUT2D eigenvalue weighted by atomic mass is 35.5. The molecule has 0 N–H and O–H groups in total. The maximum atomic E-state index is 13.4. The molecular formula is C24H31ClN4O. The normalized spacial score (nSPS) is 25.3. The van der Waals surface area contributed by atoms with Crippen LogP contribution in [0.5, 0.6) is 0 Å². The molecule has 5 nitrogen and oxygen atoms in total. The van der Waals surface area contributed by atoms with Crippen molar-refractivity contribution in [2.24, 2.45) is 11.8 Å². The van der Waals surface area contributed by atoms with E-state index in [1.54, 1.807) is 0 Å². The van der Waals surface area contributed by atoms with E-state index in [0.717, 1.165) is 30.8 Å². The van der Waals surface area contributed by atoms with Crippen molar-refractivity contribution in [3.05, 3.63) is 29.3 Å². The highest BCUT2D eigenvalue weighted by Gasteiger charge is 2.55. The Labute approximate surface area is 183 Å². The Morgan fingerprint density at radius 2 is 1.77 bits per heavy atom. The second-order valence-electron chi connectivity index (χ2n) is 9.64. The van der Waals surface area contributed by atoms with Gasteiger partial charge in [0.15, 0.2) is 5.82 Å². The van der Waals surface area contributed by atoms with Gasteiger partial charge in [-0.3, -0.25) is 9.69 Å². The summed E-state index contributed by atoms with van der Waals surface area (Å²) in [6, 6.07) is 7.95. The monoisotopic (exact) mass is 426 g/mol. The number of carbonyl (C=O) groups is 1. The lowest BCUT2D eigenvalue weighted by Gasteiger charge is -2.55. The molecule has 0 unspecified atom stereocenters. The second-order valence-corrected chi connectivity index (χ2v) is 10.1. The fourth-order valence-electron chi connectivity index (χ4n) is 6.12. The predicted molar refractivity (Wildman–Crippen MR) is 120 cm³/mol. The first-order valence-corrected chi connectivity index (χ1v) is 12.0. The first-order chi connectivity index (χ1) is 14.5. The van der Waals surface area contributed by atoms with Gasteiger partial charge in [-0.25, -0.2) is 4.68 Å². The Morgan fingerprint density at radius 3 is 2.47 bits per heavy atom. The number of halogens is 1. The van der Waals surface area contributed by atoms with Crippen molar-refractivity contribution in [1.29, 1.82) is 0 Å². The van der Waals surface area contributed by atoms with Gasteiger partial charge in [0, 0.05) is 28.5 Å². The minimum absolute atomic E-state index is 0.00407. The second kappa shape index (κ2) is 7.67. The van der Waals surface area contributed by atoms with Crippen molar-refractivity contribution in [3.63, 3.8) is 0 Å². The molecule has 2 aromatic rings. The zero-order valence-corrected chi connectivity index (χ0v) is 18.7. The highest BCUT2D eigenvalue weighted by Crippen LogP contribution is 2.53. The number of hydrogen-bond acceptors (Lipinski definition) is 3. The van der Waals surface area contributed by atoms with E-state index in [4.69, 9.17) is 21.7 Å². The lowest BCUT2D eigenvalue weighted by molar-refractivity contribution is -0.123. The Hall–Kier alpha value is -1.88. The molecule has 1 amide bonds. The van der Waals surface area contributed by atoms with Crippen LogP contribution in [-0.4, -0.2) is 26.7 Å². The number of rotatable bonds is 2. The van der Waals surface area contributed by atoms with Gasteiger partial charge in [-0.2, -0.15) is 4.98 Å². The van der Waals surface area contributed by atoms with Gasteiger partial charge in [0.2, 0.25) is 11.9 Å². The first kappa shape index (κ1) is 20.0. The summed E-state index contributed by atoms with van der Waals surface area (Å²) in [6.07, 6.45) is 10.8. The number of hydrogen-bond donors (Lipinski definition) is 0. The topological polar surface area (TPSA) is 51.0 Å². The SMILES string of the molecule is CC(C)C(=O)N1c2nc(-c3ccc(Cl)cc3)nn2C2(CCCCC2)[C@@H]2CCCC[C@@H]21. The average molecular weight is 427 g/mol. The van der Waals surface area contributed by atoms with Gasteiger partial charge in [-0.05, 0) is 49.9 Å². The van der Waals surface area contributed by atoms with Crippen LogP contribution in [0.4, 0.5) is 5.95 Å². The summed E-state index contributed by atoms with van der Waals surface area (Å²) >= 11 is 6.10. The largest absolute Gasteiger partial charge is 0.277 e. The van der Waals surface area contributed by atoms with E-state index in [-0.39, 0.29) is 23.4 Å². The van der Waals surface area contributed by atoms with E-state index in [2.05, 4.69) is 4.68 Å². The number of aromatic nitrogens is 3. The summed E-state index contributed by atoms with van der Waals surface area (Å²) in [7, 11) is 0. The summed E-state index contributed by atoms with van der Waals surface area (Å²) in [6.45, 7) is 3.98. The summed E-state index contributed by atoms with van der Waals surface area (Å²) in [4.78, 5) is 20.4. The molecule has 1 aliphatic heterocycles. The number of benzene rings is 1. The molecule has 0 saturated heterocycles.